The van der Waals surface area contributed by atoms with Crippen LogP contribution in [-0.2, 0) is 0 Å². The highest BCUT2D eigenvalue weighted by Gasteiger charge is 2.44. The zero-order valence-electron chi connectivity index (χ0n) is 7.89. The van der Waals surface area contributed by atoms with E-state index >= 15 is 0 Å². The fraction of sp³-hybridized carbons (Fsp3) is 0.800. The van der Waals surface area contributed by atoms with Gasteiger partial charge in [0.25, 0.3) is 6.08 Å². The Kier molecular flexibility index (Phi) is 2.14. The highest BCUT2D eigenvalue weighted by Crippen LogP contribution is 2.41. The van der Waals surface area contributed by atoms with Crippen LogP contribution in [0.15, 0.2) is 12.2 Å². The second-order valence-electron chi connectivity index (χ2n) is 4.47. The quantitative estimate of drug-likeness (QED) is 0.610. The lowest BCUT2D eigenvalue weighted by Gasteiger charge is -2.26. The molecule has 0 saturated carbocycles. The Labute approximate surface area is 77.4 Å². The minimum atomic E-state index is -1.52. The van der Waals surface area contributed by atoms with E-state index in [1.54, 1.807) is 0 Å². The summed E-state index contributed by atoms with van der Waals surface area (Å²) in [5.74, 6) is 0.0790. The molecule has 0 aromatic carbocycles. The van der Waals surface area contributed by atoms with Gasteiger partial charge in [-0.25, -0.2) is 0 Å². The van der Waals surface area contributed by atoms with E-state index in [2.05, 4.69) is 11.8 Å². The van der Waals surface area contributed by atoms with Crippen LogP contribution in [0.4, 0.5) is 8.78 Å². The molecule has 2 unspecified atom stereocenters. The lowest BCUT2D eigenvalue weighted by Crippen LogP contribution is -2.34. The average Bonchev–Trinajstić information content (AvgIpc) is 2.40. The van der Waals surface area contributed by atoms with Crippen LogP contribution in [-0.4, -0.2) is 23.5 Å². The van der Waals surface area contributed by atoms with Crippen molar-refractivity contribution in [3.8, 4) is 0 Å². The topological polar surface area (TPSA) is 3.24 Å². The maximum atomic E-state index is 12.0. The third kappa shape index (κ3) is 1.62. The molecule has 0 bridgehead atoms. The third-order valence-corrected chi connectivity index (χ3v) is 3.43. The molecule has 0 aromatic heterocycles. The number of fused-ring (bicyclic) bond motifs is 1. The van der Waals surface area contributed by atoms with Crippen LogP contribution in [0.1, 0.15) is 26.2 Å². The van der Waals surface area contributed by atoms with Crippen LogP contribution in [0.2, 0.25) is 0 Å². The maximum Gasteiger partial charge on any atom is 0.266 e. The van der Waals surface area contributed by atoms with Gasteiger partial charge >= 0.3 is 0 Å². The maximum absolute atomic E-state index is 12.0. The Hall–Kier alpha value is -0.440. The van der Waals surface area contributed by atoms with Gasteiger partial charge in [0.1, 0.15) is 0 Å². The second-order valence-corrected chi connectivity index (χ2v) is 4.47. The molecule has 0 aromatic rings. The van der Waals surface area contributed by atoms with E-state index < -0.39 is 6.08 Å². The van der Waals surface area contributed by atoms with Gasteiger partial charge in [0.05, 0.1) is 0 Å². The van der Waals surface area contributed by atoms with Gasteiger partial charge in [-0.3, -0.25) is 4.90 Å². The van der Waals surface area contributed by atoms with Crippen molar-refractivity contribution < 1.29 is 8.78 Å². The second kappa shape index (κ2) is 3.05. The SMILES string of the molecule is CC12CCCN1CC(C=C(F)F)C2. The van der Waals surface area contributed by atoms with Gasteiger partial charge in [-0.05, 0) is 44.7 Å². The van der Waals surface area contributed by atoms with Crippen molar-refractivity contribution in [1.29, 1.82) is 0 Å². The molecule has 0 aliphatic carbocycles. The van der Waals surface area contributed by atoms with Gasteiger partial charge in [0, 0.05) is 12.1 Å². The van der Waals surface area contributed by atoms with E-state index in [9.17, 15) is 8.78 Å². The average molecular weight is 187 g/mol. The number of nitrogens with zero attached hydrogens (tertiary/aromatic N) is 1. The summed E-state index contributed by atoms with van der Waals surface area (Å²) in [7, 11) is 0. The normalized spacial score (nSPS) is 39.2. The molecule has 2 aliphatic rings. The zero-order chi connectivity index (χ0) is 9.47. The minimum absolute atomic E-state index is 0.0790. The van der Waals surface area contributed by atoms with Gasteiger partial charge in [-0.2, -0.15) is 8.78 Å². The van der Waals surface area contributed by atoms with Gasteiger partial charge in [-0.1, -0.05) is 0 Å². The van der Waals surface area contributed by atoms with Crippen molar-refractivity contribution in [3.63, 3.8) is 0 Å². The summed E-state index contributed by atoms with van der Waals surface area (Å²) in [6, 6.07) is 0. The van der Waals surface area contributed by atoms with Gasteiger partial charge in [-0.15, -0.1) is 0 Å². The van der Waals surface area contributed by atoms with Gasteiger partial charge < -0.3 is 0 Å². The summed E-state index contributed by atoms with van der Waals surface area (Å²) in [6.45, 7) is 4.12. The van der Waals surface area contributed by atoms with Crippen LogP contribution in [0.3, 0.4) is 0 Å². The highest BCUT2D eigenvalue weighted by atomic mass is 19.3. The molecule has 2 aliphatic heterocycles. The number of halogens is 2. The van der Waals surface area contributed by atoms with E-state index in [-0.39, 0.29) is 11.5 Å². The smallest absolute Gasteiger partial charge is 0.266 e. The Morgan fingerprint density at radius 3 is 2.92 bits per heavy atom. The molecule has 0 spiro atoms. The lowest BCUT2D eigenvalue weighted by molar-refractivity contribution is 0.218. The minimum Gasteiger partial charge on any atom is -0.297 e. The molecule has 2 fully saturated rings. The first-order valence-electron chi connectivity index (χ1n) is 4.88. The molecule has 1 nitrogen and oxygen atoms in total. The van der Waals surface area contributed by atoms with Crippen molar-refractivity contribution >= 4 is 0 Å². The summed E-state index contributed by atoms with van der Waals surface area (Å²) >= 11 is 0. The standard InChI is InChI=1S/C10H15F2N/c1-10-3-2-4-13(10)7-8(6-10)5-9(11)12/h5,8H,2-4,6-7H2,1H3. The first kappa shape index (κ1) is 9.13. The summed E-state index contributed by atoms with van der Waals surface area (Å²) < 4.78 is 24.1. The highest BCUT2D eigenvalue weighted by molar-refractivity contribution is 5.05. The molecular formula is C10H15F2N. The summed E-state index contributed by atoms with van der Waals surface area (Å²) in [5, 5.41) is 0. The Morgan fingerprint density at radius 2 is 2.31 bits per heavy atom. The molecule has 2 atom stereocenters. The predicted molar refractivity (Wildman–Crippen MR) is 47.6 cm³/mol. The van der Waals surface area contributed by atoms with Crippen molar-refractivity contribution in [1.82, 2.24) is 4.90 Å². The van der Waals surface area contributed by atoms with Crippen LogP contribution < -0.4 is 0 Å². The van der Waals surface area contributed by atoms with Crippen LogP contribution in [0.25, 0.3) is 0 Å². The van der Waals surface area contributed by atoms with Crippen molar-refractivity contribution in [2.45, 2.75) is 31.7 Å². The van der Waals surface area contributed by atoms with Gasteiger partial charge in [0.15, 0.2) is 0 Å². The molecule has 74 valence electrons. The van der Waals surface area contributed by atoms with Crippen LogP contribution in [0.5, 0.6) is 0 Å². The van der Waals surface area contributed by atoms with Crippen molar-refractivity contribution in [3.05, 3.63) is 12.2 Å². The molecular weight excluding hydrogens is 172 g/mol. The Morgan fingerprint density at radius 1 is 1.54 bits per heavy atom. The molecule has 0 N–H and O–H groups in total. The molecule has 2 heterocycles. The molecule has 13 heavy (non-hydrogen) atoms. The van der Waals surface area contributed by atoms with Crippen molar-refractivity contribution in [2.24, 2.45) is 5.92 Å². The summed E-state index contributed by atoms with van der Waals surface area (Å²) in [6.07, 6.45) is 2.92. The molecule has 3 heteroatoms. The monoisotopic (exact) mass is 187 g/mol. The van der Waals surface area contributed by atoms with Crippen molar-refractivity contribution in [2.75, 3.05) is 13.1 Å². The van der Waals surface area contributed by atoms with Crippen LogP contribution in [0, 0.1) is 5.92 Å². The lowest BCUT2D eigenvalue weighted by atomic mass is 9.92. The summed E-state index contributed by atoms with van der Waals surface area (Å²) in [4.78, 5) is 2.36. The first-order chi connectivity index (χ1) is 6.10. The number of hydrogen-bond donors (Lipinski definition) is 0. The third-order valence-electron chi connectivity index (χ3n) is 3.43. The molecule has 2 rings (SSSR count). The Bertz CT molecular complexity index is 235. The van der Waals surface area contributed by atoms with Gasteiger partial charge in [0.2, 0.25) is 0 Å². The van der Waals surface area contributed by atoms with Crippen LogP contribution >= 0.6 is 0 Å². The van der Waals surface area contributed by atoms with E-state index in [0.29, 0.717) is 0 Å². The number of rotatable bonds is 1. The van der Waals surface area contributed by atoms with E-state index in [0.717, 1.165) is 25.6 Å². The first-order valence-corrected chi connectivity index (χ1v) is 4.88. The predicted octanol–water partition coefficient (Wildman–Crippen LogP) is 2.64. The Balaban J connectivity index is 2.05. The fourth-order valence-electron chi connectivity index (χ4n) is 2.82. The number of hydrogen-bond acceptors (Lipinski definition) is 1. The van der Waals surface area contributed by atoms with E-state index in [1.807, 2.05) is 0 Å². The zero-order valence-corrected chi connectivity index (χ0v) is 7.89. The van der Waals surface area contributed by atoms with E-state index in [4.69, 9.17) is 0 Å². The molecule has 2 saturated heterocycles. The largest absolute Gasteiger partial charge is 0.297 e. The summed E-state index contributed by atoms with van der Waals surface area (Å²) in [5.41, 5.74) is 0.219. The van der Waals surface area contributed by atoms with E-state index in [1.165, 1.54) is 12.8 Å². The molecule has 0 amide bonds. The fourth-order valence-corrected chi connectivity index (χ4v) is 2.82. The molecule has 0 radical (unpaired) electrons.